The van der Waals surface area contributed by atoms with E-state index in [0.717, 1.165) is 0 Å². The zero-order valence-corrected chi connectivity index (χ0v) is 7.00. The van der Waals surface area contributed by atoms with Gasteiger partial charge in [-0.1, -0.05) is 0 Å². The van der Waals surface area contributed by atoms with Crippen LogP contribution < -0.4 is 0 Å². The number of carbonyl (C=O) groups excluding carboxylic acids is 1. The van der Waals surface area contributed by atoms with Crippen molar-refractivity contribution in [1.29, 1.82) is 0 Å². The van der Waals surface area contributed by atoms with Gasteiger partial charge in [0.15, 0.2) is 0 Å². The number of carbonyl (C=O) groups is 1. The van der Waals surface area contributed by atoms with E-state index in [1.807, 2.05) is 0 Å². The van der Waals surface area contributed by atoms with Crippen molar-refractivity contribution in [3.05, 3.63) is 0 Å². The Hall–Kier alpha value is -0.545. The van der Waals surface area contributed by atoms with Crippen LogP contribution in [-0.4, -0.2) is 30.2 Å². The maximum absolute atomic E-state index is 10.9. The molecule has 0 unspecified atom stereocenters. The van der Waals surface area contributed by atoms with E-state index < -0.39 is 18.5 Å². The third-order valence-electron chi connectivity index (χ3n) is 1.43. The van der Waals surface area contributed by atoms with Crippen molar-refractivity contribution in [2.45, 2.75) is 20.2 Å². The largest absolute Gasteiger partial charge is 0.469 e. The van der Waals surface area contributed by atoms with Gasteiger partial charge < -0.3 is 14.8 Å². The van der Waals surface area contributed by atoms with Gasteiger partial charge in [-0.25, -0.2) is 0 Å². The second kappa shape index (κ2) is 3.73. The molecule has 4 nitrogen and oxygen atoms in total. The molecule has 0 saturated heterocycles. The molecule has 0 heterocycles. The third kappa shape index (κ3) is 3.39. The lowest BCUT2D eigenvalue weighted by Crippen LogP contribution is -2.31. The van der Waals surface area contributed by atoms with E-state index >= 15 is 0 Å². The maximum atomic E-state index is 10.9. The zero-order valence-electron chi connectivity index (χ0n) is 7.00. The molecule has 5 heteroatoms. The van der Waals surface area contributed by atoms with Crippen molar-refractivity contribution in [2.75, 3.05) is 7.11 Å². The average molecular weight is 160 g/mol. The summed E-state index contributed by atoms with van der Waals surface area (Å²) < 4.78 is 4.45. The highest BCUT2D eigenvalue weighted by Gasteiger charge is 2.32. The second-order valence-electron chi connectivity index (χ2n) is 3.06. The highest BCUT2D eigenvalue weighted by Crippen LogP contribution is 2.23. The Morgan fingerprint density at radius 1 is 1.55 bits per heavy atom. The Bertz CT molecular complexity index is 144. The Morgan fingerprint density at radius 3 is 2.27 bits per heavy atom. The standard InChI is InChI=1S/C6H13BO4/c1-6(2,4-7(9)10)5(8)11-3/h9-10H,4H2,1-3H3. The summed E-state index contributed by atoms with van der Waals surface area (Å²) >= 11 is 0. The molecule has 0 bridgehead atoms. The summed E-state index contributed by atoms with van der Waals surface area (Å²) in [5, 5.41) is 17.2. The van der Waals surface area contributed by atoms with Crippen molar-refractivity contribution >= 4 is 13.1 Å². The van der Waals surface area contributed by atoms with Crippen LogP contribution in [0.3, 0.4) is 0 Å². The van der Waals surface area contributed by atoms with Crippen LogP contribution in [0.1, 0.15) is 13.8 Å². The molecule has 0 aliphatic rings. The number of methoxy groups -OCH3 is 1. The first kappa shape index (κ1) is 10.5. The van der Waals surface area contributed by atoms with Gasteiger partial charge in [0.1, 0.15) is 0 Å². The van der Waals surface area contributed by atoms with Crippen LogP contribution in [0.4, 0.5) is 0 Å². The number of rotatable bonds is 3. The molecule has 0 aromatic carbocycles. The molecule has 0 radical (unpaired) electrons. The topological polar surface area (TPSA) is 66.8 Å². The molecular weight excluding hydrogens is 147 g/mol. The third-order valence-corrected chi connectivity index (χ3v) is 1.43. The highest BCUT2D eigenvalue weighted by atomic mass is 16.5. The van der Waals surface area contributed by atoms with Gasteiger partial charge in [0.25, 0.3) is 0 Å². The first-order chi connectivity index (χ1) is 4.90. The summed E-state index contributed by atoms with van der Waals surface area (Å²) in [7, 11) is -0.197. The molecule has 0 saturated carbocycles. The van der Waals surface area contributed by atoms with Gasteiger partial charge in [-0.2, -0.15) is 0 Å². The van der Waals surface area contributed by atoms with E-state index in [0.29, 0.717) is 0 Å². The van der Waals surface area contributed by atoms with Crippen molar-refractivity contribution < 1.29 is 19.6 Å². The summed E-state index contributed by atoms with van der Waals surface area (Å²) in [5.74, 6) is -0.439. The SMILES string of the molecule is COC(=O)C(C)(C)CB(O)O. The molecule has 64 valence electrons. The Morgan fingerprint density at radius 2 is 2.00 bits per heavy atom. The van der Waals surface area contributed by atoms with E-state index in [1.54, 1.807) is 13.8 Å². The van der Waals surface area contributed by atoms with Gasteiger partial charge >= 0.3 is 13.1 Å². The van der Waals surface area contributed by atoms with Crippen LogP contribution in [-0.2, 0) is 9.53 Å². The summed E-state index contributed by atoms with van der Waals surface area (Å²) in [6.45, 7) is 3.19. The van der Waals surface area contributed by atoms with E-state index in [2.05, 4.69) is 4.74 Å². The summed E-state index contributed by atoms with van der Waals surface area (Å²) in [5.41, 5.74) is -0.830. The molecule has 0 rings (SSSR count). The molecule has 0 amide bonds. The van der Waals surface area contributed by atoms with E-state index in [9.17, 15) is 4.79 Å². The van der Waals surface area contributed by atoms with Crippen LogP contribution in [0.25, 0.3) is 0 Å². The predicted molar refractivity (Wildman–Crippen MR) is 40.8 cm³/mol. The van der Waals surface area contributed by atoms with Crippen molar-refractivity contribution in [1.82, 2.24) is 0 Å². The minimum Gasteiger partial charge on any atom is -0.469 e. The molecule has 0 spiro atoms. The van der Waals surface area contributed by atoms with E-state index in [4.69, 9.17) is 10.0 Å². The molecule has 0 aliphatic heterocycles. The fraction of sp³-hybridized carbons (Fsp3) is 0.833. The maximum Gasteiger partial charge on any atom is 0.452 e. The smallest absolute Gasteiger partial charge is 0.452 e. The summed E-state index contributed by atoms with van der Waals surface area (Å²) in [6.07, 6.45) is -0.0142. The summed E-state index contributed by atoms with van der Waals surface area (Å²) in [4.78, 5) is 10.9. The van der Waals surface area contributed by atoms with Crippen LogP contribution in [0.2, 0.25) is 6.32 Å². The minimum atomic E-state index is -1.47. The van der Waals surface area contributed by atoms with Gasteiger partial charge in [-0.3, -0.25) is 4.79 Å². The molecule has 0 aliphatic carbocycles. The monoisotopic (exact) mass is 160 g/mol. The average Bonchev–Trinajstić information content (AvgIpc) is 1.83. The predicted octanol–water partition coefficient (Wildman–Crippen LogP) is -0.342. The molecule has 0 atom stereocenters. The lowest BCUT2D eigenvalue weighted by atomic mass is 9.70. The Kier molecular flexibility index (Phi) is 3.55. The van der Waals surface area contributed by atoms with Gasteiger partial charge in [0.2, 0.25) is 0 Å². The quantitative estimate of drug-likeness (QED) is 0.437. The molecule has 0 fully saturated rings. The van der Waals surface area contributed by atoms with Gasteiger partial charge in [0.05, 0.1) is 12.5 Å². The number of esters is 1. The van der Waals surface area contributed by atoms with Crippen molar-refractivity contribution in [2.24, 2.45) is 5.41 Å². The molecule has 11 heavy (non-hydrogen) atoms. The first-order valence-electron chi connectivity index (χ1n) is 3.34. The van der Waals surface area contributed by atoms with Crippen LogP contribution in [0, 0.1) is 5.41 Å². The van der Waals surface area contributed by atoms with Gasteiger partial charge in [-0.15, -0.1) is 0 Å². The normalized spacial score (nSPS) is 11.0. The molecule has 0 aromatic rings. The van der Waals surface area contributed by atoms with E-state index in [1.165, 1.54) is 7.11 Å². The van der Waals surface area contributed by atoms with Crippen LogP contribution >= 0.6 is 0 Å². The highest BCUT2D eigenvalue weighted by molar-refractivity contribution is 6.41. The van der Waals surface area contributed by atoms with E-state index in [-0.39, 0.29) is 6.32 Å². The lowest BCUT2D eigenvalue weighted by molar-refractivity contribution is -0.149. The van der Waals surface area contributed by atoms with Crippen LogP contribution in [0.15, 0.2) is 0 Å². The van der Waals surface area contributed by atoms with Crippen LogP contribution in [0.5, 0.6) is 0 Å². The number of hydrogen-bond acceptors (Lipinski definition) is 4. The van der Waals surface area contributed by atoms with Gasteiger partial charge in [-0.05, 0) is 20.2 Å². The summed E-state index contributed by atoms with van der Waals surface area (Å²) in [6, 6.07) is 0. The van der Waals surface area contributed by atoms with Gasteiger partial charge in [0, 0.05) is 0 Å². The second-order valence-corrected chi connectivity index (χ2v) is 3.06. The fourth-order valence-electron chi connectivity index (χ4n) is 0.816. The first-order valence-corrected chi connectivity index (χ1v) is 3.34. The Balaban J connectivity index is 4.09. The fourth-order valence-corrected chi connectivity index (χ4v) is 0.816. The number of hydrogen-bond donors (Lipinski definition) is 2. The van der Waals surface area contributed by atoms with Crippen molar-refractivity contribution in [3.8, 4) is 0 Å². The molecular formula is C6H13BO4. The molecule has 0 aromatic heterocycles. The minimum absolute atomic E-state index is 0.0142. The molecule has 2 N–H and O–H groups in total. The van der Waals surface area contributed by atoms with Crippen molar-refractivity contribution in [3.63, 3.8) is 0 Å². The number of ether oxygens (including phenoxy) is 1. The lowest BCUT2D eigenvalue weighted by Gasteiger charge is -2.20. The Labute approximate surface area is 66.3 Å². The zero-order chi connectivity index (χ0) is 9.07.